The summed E-state index contributed by atoms with van der Waals surface area (Å²) >= 11 is 0. The van der Waals surface area contributed by atoms with E-state index in [9.17, 15) is 23.9 Å². The van der Waals surface area contributed by atoms with Gasteiger partial charge in [0.05, 0.1) is 22.5 Å². The van der Waals surface area contributed by atoms with Crippen molar-refractivity contribution in [2.75, 3.05) is 0 Å². The number of benzene rings is 1. The van der Waals surface area contributed by atoms with E-state index in [1.807, 2.05) is 0 Å². The number of carboxylic acids is 1. The molecule has 6 nitrogen and oxygen atoms in total. The second-order valence-electron chi connectivity index (χ2n) is 6.75. The topological polar surface area (TPSA) is 99.3 Å². The van der Waals surface area contributed by atoms with Crippen LogP contribution in [0.3, 0.4) is 0 Å². The molecule has 132 valence electrons. The van der Waals surface area contributed by atoms with Crippen LogP contribution < -0.4 is 10.9 Å². The number of pyridine rings is 1. The quantitative estimate of drug-likeness (QED) is 0.795. The number of aromatic amines is 1. The van der Waals surface area contributed by atoms with Crippen LogP contribution in [0.2, 0.25) is 0 Å². The molecule has 3 rings (SSSR count). The lowest BCUT2D eigenvalue weighted by Crippen LogP contribution is -2.55. The Balaban J connectivity index is 2.00. The molecule has 0 radical (unpaired) electrons. The predicted octanol–water partition coefficient (Wildman–Crippen LogP) is 2.43. The largest absolute Gasteiger partial charge is 0.481 e. The minimum atomic E-state index is -0.944. The summed E-state index contributed by atoms with van der Waals surface area (Å²) in [5.41, 5.74) is -1.08. The molecular weight excluding hydrogens is 327 g/mol. The highest BCUT2D eigenvalue weighted by atomic mass is 19.1. The Labute approximate surface area is 143 Å². The van der Waals surface area contributed by atoms with Crippen LogP contribution in [-0.2, 0) is 4.79 Å². The molecule has 1 aromatic heterocycles. The summed E-state index contributed by atoms with van der Waals surface area (Å²) < 4.78 is 13.4. The number of H-pyrrole nitrogens is 1. The fourth-order valence-corrected chi connectivity index (χ4v) is 3.63. The molecule has 0 spiro atoms. The Morgan fingerprint density at radius 3 is 2.80 bits per heavy atom. The molecule has 2 atom stereocenters. The van der Waals surface area contributed by atoms with Crippen LogP contribution >= 0.6 is 0 Å². The Morgan fingerprint density at radius 1 is 1.32 bits per heavy atom. The van der Waals surface area contributed by atoms with Crippen molar-refractivity contribution in [3.8, 4) is 0 Å². The number of hydrogen-bond donors (Lipinski definition) is 3. The Morgan fingerprint density at radius 2 is 2.08 bits per heavy atom. The minimum Gasteiger partial charge on any atom is -0.481 e. The molecule has 25 heavy (non-hydrogen) atoms. The number of carbonyl (C=O) groups excluding carboxylic acids is 1. The van der Waals surface area contributed by atoms with Crippen molar-refractivity contribution in [3.63, 3.8) is 0 Å². The van der Waals surface area contributed by atoms with Gasteiger partial charge >= 0.3 is 5.97 Å². The minimum absolute atomic E-state index is 0.106. The summed E-state index contributed by atoms with van der Waals surface area (Å²) in [5, 5.41) is 12.7. The van der Waals surface area contributed by atoms with Crippen molar-refractivity contribution in [1.82, 2.24) is 10.3 Å². The zero-order valence-corrected chi connectivity index (χ0v) is 13.8. The molecule has 1 saturated carbocycles. The van der Waals surface area contributed by atoms with Crippen LogP contribution in [0, 0.1) is 11.7 Å². The van der Waals surface area contributed by atoms with E-state index in [2.05, 4.69) is 10.3 Å². The van der Waals surface area contributed by atoms with Crippen molar-refractivity contribution in [2.45, 2.75) is 38.1 Å². The monoisotopic (exact) mass is 346 g/mol. The summed E-state index contributed by atoms with van der Waals surface area (Å²) in [4.78, 5) is 38.6. The smallest absolute Gasteiger partial charge is 0.308 e. The van der Waals surface area contributed by atoms with Gasteiger partial charge in [0.15, 0.2) is 0 Å². The first-order chi connectivity index (χ1) is 11.8. The van der Waals surface area contributed by atoms with E-state index in [0.29, 0.717) is 18.2 Å². The van der Waals surface area contributed by atoms with Gasteiger partial charge in [0.25, 0.3) is 5.91 Å². The summed E-state index contributed by atoms with van der Waals surface area (Å²) in [6.07, 6.45) is 2.66. The van der Waals surface area contributed by atoms with E-state index >= 15 is 0 Å². The normalized spacial score (nSPS) is 23.4. The number of aliphatic carboxylic acids is 1. The summed E-state index contributed by atoms with van der Waals surface area (Å²) in [5.74, 6) is -2.68. The van der Waals surface area contributed by atoms with E-state index in [4.69, 9.17) is 0 Å². The number of carbonyl (C=O) groups is 2. The second kappa shape index (κ2) is 6.31. The van der Waals surface area contributed by atoms with Gasteiger partial charge in [0.2, 0.25) is 5.56 Å². The molecule has 2 unspecified atom stereocenters. The zero-order valence-electron chi connectivity index (χ0n) is 13.8. The Kier molecular flexibility index (Phi) is 4.32. The van der Waals surface area contributed by atoms with Crippen LogP contribution in [0.15, 0.2) is 29.1 Å². The van der Waals surface area contributed by atoms with Gasteiger partial charge in [-0.25, -0.2) is 4.39 Å². The predicted molar refractivity (Wildman–Crippen MR) is 90.0 cm³/mol. The van der Waals surface area contributed by atoms with Gasteiger partial charge in [0.1, 0.15) is 5.82 Å². The van der Waals surface area contributed by atoms with Gasteiger partial charge in [-0.05, 0) is 38.0 Å². The number of nitrogens with one attached hydrogen (secondary N) is 2. The molecule has 3 N–H and O–H groups in total. The SMILES string of the molecule is CC1(NC(=O)c2cc(=O)[nH]c3cc(F)ccc23)CCCCC1C(=O)O. The fraction of sp³-hybridized carbons (Fsp3) is 0.389. The number of carboxylic acid groups (broad SMARTS) is 1. The molecule has 1 heterocycles. The highest BCUT2D eigenvalue weighted by Crippen LogP contribution is 2.34. The molecule has 7 heteroatoms. The molecule has 1 aliphatic carbocycles. The van der Waals surface area contributed by atoms with Crippen molar-refractivity contribution in [1.29, 1.82) is 0 Å². The fourth-order valence-electron chi connectivity index (χ4n) is 3.63. The van der Waals surface area contributed by atoms with E-state index in [1.165, 1.54) is 12.1 Å². The van der Waals surface area contributed by atoms with E-state index in [0.717, 1.165) is 25.0 Å². The van der Waals surface area contributed by atoms with Crippen molar-refractivity contribution in [3.05, 3.63) is 46.0 Å². The molecule has 0 aliphatic heterocycles. The number of rotatable bonds is 3. The van der Waals surface area contributed by atoms with Gasteiger partial charge in [-0.3, -0.25) is 14.4 Å². The molecule has 0 saturated heterocycles. The van der Waals surface area contributed by atoms with Crippen LogP contribution in [0.4, 0.5) is 4.39 Å². The van der Waals surface area contributed by atoms with Gasteiger partial charge in [-0.1, -0.05) is 12.8 Å². The highest BCUT2D eigenvalue weighted by Gasteiger charge is 2.42. The lowest BCUT2D eigenvalue weighted by Gasteiger charge is -2.39. The maximum atomic E-state index is 13.4. The molecular formula is C18H19FN2O4. The van der Waals surface area contributed by atoms with Crippen molar-refractivity contribution < 1.29 is 19.1 Å². The standard InChI is InChI=1S/C18H19FN2O4/c1-18(7-3-2-4-13(18)17(24)25)21-16(23)12-9-15(22)20-14-8-10(19)5-6-11(12)14/h5-6,8-9,13H,2-4,7H2,1H3,(H,20,22)(H,21,23)(H,24,25). The average Bonchev–Trinajstić information content (AvgIpc) is 2.53. The first-order valence-corrected chi connectivity index (χ1v) is 8.18. The molecule has 1 amide bonds. The number of amides is 1. The first-order valence-electron chi connectivity index (χ1n) is 8.18. The average molecular weight is 346 g/mol. The number of hydrogen-bond acceptors (Lipinski definition) is 3. The Hall–Kier alpha value is -2.70. The summed E-state index contributed by atoms with van der Waals surface area (Å²) in [6, 6.07) is 4.93. The third-order valence-electron chi connectivity index (χ3n) is 4.95. The Bertz CT molecular complexity index is 908. The molecule has 1 fully saturated rings. The summed E-state index contributed by atoms with van der Waals surface area (Å²) in [6.45, 7) is 1.72. The van der Waals surface area contributed by atoms with Crippen LogP contribution in [0.25, 0.3) is 10.9 Å². The van der Waals surface area contributed by atoms with Crippen molar-refractivity contribution >= 4 is 22.8 Å². The van der Waals surface area contributed by atoms with Crippen molar-refractivity contribution in [2.24, 2.45) is 5.92 Å². The van der Waals surface area contributed by atoms with Gasteiger partial charge < -0.3 is 15.4 Å². The zero-order chi connectivity index (χ0) is 18.2. The van der Waals surface area contributed by atoms with Gasteiger partial charge in [0, 0.05) is 11.5 Å². The highest BCUT2D eigenvalue weighted by molar-refractivity contribution is 6.06. The molecule has 2 aromatic rings. The molecule has 1 aromatic carbocycles. The lowest BCUT2D eigenvalue weighted by molar-refractivity contribution is -0.145. The van der Waals surface area contributed by atoms with Gasteiger partial charge in [-0.2, -0.15) is 0 Å². The second-order valence-corrected chi connectivity index (χ2v) is 6.75. The third kappa shape index (κ3) is 3.26. The van der Waals surface area contributed by atoms with Gasteiger partial charge in [-0.15, -0.1) is 0 Å². The summed E-state index contributed by atoms with van der Waals surface area (Å²) in [7, 11) is 0. The maximum Gasteiger partial charge on any atom is 0.308 e. The first kappa shape index (κ1) is 17.1. The number of aromatic nitrogens is 1. The lowest BCUT2D eigenvalue weighted by atomic mass is 9.73. The van der Waals surface area contributed by atoms with Crippen LogP contribution in [0.5, 0.6) is 0 Å². The van der Waals surface area contributed by atoms with E-state index < -0.39 is 34.7 Å². The number of halogens is 1. The van der Waals surface area contributed by atoms with E-state index in [-0.39, 0.29) is 11.1 Å². The van der Waals surface area contributed by atoms with E-state index in [1.54, 1.807) is 6.92 Å². The molecule has 1 aliphatic rings. The molecule has 0 bridgehead atoms. The number of fused-ring (bicyclic) bond motifs is 1. The third-order valence-corrected chi connectivity index (χ3v) is 4.95. The van der Waals surface area contributed by atoms with Crippen LogP contribution in [-0.4, -0.2) is 27.5 Å². The van der Waals surface area contributed by atoms with Crippen LogP contribution in [0.1, 0.15) is 43.0 Å². The maximum absolute atomic E-state index is 13.4.